The van der Waals surface area contributed by atoms with Crippen LogP contribution in [0.1, 0.15) is 11.3 Å². The predicted molar refractivity (Wildman–Crippen MR) is 68.0 cm³/mol. The minimum atomic E-state index is -0.274. The van der Waals surface area contributed by atoms with Gasteiger partial charge in [-0.2, -0.15) is 5.10 Å². The van der Waals surface area contributed by atoms with Gasteiger partial charge in [-0.1, -0.05) is 6.07 Å². The first-order valence-corrected chi connectivity index (χ1v) is 5.60. The molecule has 0 radical (unpaired) electrons. The Bertz CT molecular complexity index is 549. The van der Waals surface area contributed by atoms with Gasteiger partial charge in [-0.15, -0.1) is 0 Å². The summed E-state index contributed by atoms with van der Waals surface area (Å²) in [6.07, 6.45) is 3.33. The summed E-state index contributed by atoms with van der Waals surface area (Å²) in [5.74, 6) is 0.644. The van der Waals surface area contributed by atoms with Crippen molar-refractivity contribution < 1.29 is 4.79 Å². The number of carbonyl (C=O) groups excluding carboxylic acids is 1. The number of amides is 2. The molecule has 6 nitrogen and oxygen atoms in total. The summed E-state index contributed by atoms with van der Waals surface area (Å²) in [5.41, 5.74) is 1.91. The zero-order valence-electron chi connectivity index (χ0n) is 10.3. The molecular weight excluding hydrogens is 230 g/mol. The highest BCUT2D eigenvalue weighted by Crippen LogP contribution is 2.04. The minimum absolute atomic E-state index is 0.274. The minimum Gasteiger partial charge on any atom is -0.332 e. The van der Waals surface area contributed by atoms with E-state index in [0.29, 0.717) is 12.4 Å². The first kappa shape index (κ1) is 12.1. The van der Waals surface area contributed by atoms with Crippen molar-refractivity contribution in [2.24, 2.45) is 7.05 Å². The van der Waals surface area contributed by atoms with E-state index in [9.17, 15) is 4.79 Å². The Labute approximate surface area is 105 Å². The first-order valence-electron chi connectivity index (χ1n) is 5.60. The average Bonchev–Trinajstić information content (AvgIpc) is 2.74. The van der Waals surface area contributed by atoms with Crippen LogP contribution in [0.25, 0.3) is 0 Å². The quantitative estimate of drug-likeness (QED) is 0.859. The molecule has 2 N–H and O–H groups in total. The average molecular weight is 245 g/mol. The van der Waals surface area contributed by atoms with Crippen molar-refractivity contribution in [3.8, 4) is 0 Å². The van der Waals surface area contributed by atoms with E-state index in [1.165, 1.54) is 0 Å². The Balaban J connectivity index is 1.90. The van der Waals surface area contributed by atoms with Crippen molar-refractivity contribution in [2.45, 2.75) is 13.5 Å². The Morgan fingerprint density at radius 1 is 1.39 bits per heavy atom. The summed E-state index contributed by atoms with van der Waals surface area (Å²) in [6, 6.07) is 5.28. The van der Waals surface area contributed by atoms with Gasteiger partial charge < -0.3 is 5.32 Å². The first-order chi connectivity index (χ1) is 8.66. The lowest BCUT2D eigenvalue weighted by Crippen LogP contribution is -2.29. The second kappa shape index (κ2) is 5.31. The third-order valence-corrected chi connectivity index (χ3v) is 2.60. The summed E-state index contributed by atoms with van der Waals surface area (Å²) in [7, 11) is 1.76. The van der Waals surface area contributed by atoms with Gasteiger partial charge >= 0.3 is 6.03 Å². The number of nitrogens with zero attached hydrogens (tertiary/aromatic N) is 3. The van der Waals surface area contributed by atoms with Gasteiger partial charge in [0, 0.05) is 19.3 Å². The van der Waals surface area contributed by atoms with Crippen LogP contribution in [-0.4, -0.2) is 20.8 Å². The number of pyridine rings is 1. The lowest BCUT2D eigenvalue weighted by Gasteiger charge is -2.08. The van der Waals surface area contributed by atoms with Crippen LogP contribution in [0.2, 0.25) is 0 Å². The number of anilines is 1. The molecule has 0 unspecified atom stereocenters. The fourth-order valence-electron chi connectivity index (χ4n) is 1.52. The van der Waals surface area contributed by atoms with Crippen molar-refractivity contribution >= 4 is 11.8 Å². The molecule has 0 aliphatic carbocycles. The molecule has 0 saturated carbocycles. The fraction of sp³-hybridized carbons (Fsp3) is 0.250. The molecule has 0 aromatic carbocycles. The summed E-state index contributed by atoms with van der Waals surface area (Å²) >= 11 is 0. The SMILES string of the molecule is Cc1cccnc1CNC(=O)Nc1ccnn1C. The van der Waals surface area contributed by atoms with Gasteiger partial charge in [-0.3, -0.25) is 15.0 Å². The van der Waals surface area contributed by atoms with E-state index < -0.39 is 0 Å². The molecule has 2 aromatic heterocycles. The molecular formula is C12H15N5O. The Kier molecular flexibility index (Phi) is 3.57. The monoisotopic (exact) mass is 245 g/mol. The third-order valence-electron chi connectivity index (χ3n) is 2.60. The van der Waals surface area contributed by atoms with Crippen LogP contribution >= 0.6 is 0 Å². The van der Waals surface area contributed by atoms with Crippen LogP contribution in [0.4, 0.5) is 10.6 Å². The lowest BCUT2D eigenvalue weighted by atomic mass is 10.2. The van der Waals surface area contributed by atoms with Crippen molar-refractivity contribution in [2.75, 3.05) is 5.32 Å². The van der Waals surface area contributed by atoms with E-state index in [2.05, 4.69) is 20.7 Å². The van der Waals surface area contributed by atoms with Crippen molar-refractivity contribution in [3.63, 3.8) is 0 Å². The number of hydrogen-bond donors (Lipinski definition) is 2. The van der Waals surface area contributed by atoms with Crippen molar-refractivity contribution in [3.05, 3.63) is 41.9 Å². The number of urea groups is 1. The second-order valence-electron chi connectivity index (χ2n) is 3.91. The Hall–Kier alpha value is -2.37. The van der Waals surface area contributed by atoms with Crippen LogP contribution in [0.5, 0.6) is 0 Å². The van der Waals surface area contributed by atoms with Crippen molar-refractivity contribution in [1.29, 1.82) is 0 Å². The van der Waals surface area contributed by atoms with Crippen LogP contribution < -0.4 is 10.6 Å². The zero-order chi connectivity index (χ0) is 13.0. The number of carbonyl (C=O) groups is 1. The second-order valence-corrected chi connectivity index (χ2v) is 3.91. The molecule has 0 aliphatic heterocycles. The van der Waals surface area contributed by atoms with E-state index >= 15 is 0 Å². The highest BCUT2D eigenvalue weighted by molar-refractivity contribution is 5.88. The lowest BCUT2D eigenvalue weighted by molar-refractivity contribution is 0.251. The smallest absolute Gasteiger partial charge is 0.320 e. The summed E-state index contributed by atoms with van der Waals surface area (Å²) in [5, 5.41) is 9.42. The predicted octanol–water partition coefficient (Wildman–Crippen LogP) is 1.45. The van der Waals surface area contributed by atoms with Gasteiger partial charge in [0.25, 0.3) is 0 Å². The molecule has 6 heteroatoms. The summed E-state index contributed by atoms with van der Waals surface area (Å²) in [6.45, 7) is 2.36. The maximum Gasteiger partial charge on any atom is 0.320 e. The topological polar surface area (TPSA) is 71.8 Å². The molecule has 94 valence electrons. The Morgan fingerprint density at radius 2 is 2.22 bits per heavy atom. The van der Waals surface area contributed by atoms with Crippen LogP contribution in [0, 0.1) is 6.92 Å². The van der Waals surface area contributed by atoms with Gasteiger partial charge in [0.15, 0.2) is 0 Å². The summed E-state index contributed by atoms with van der Waals surface area (Å²) in [4.78, 5) is 15.9. The van der Waals surface area contributed by atoms with Gasteiger partial charge in [0.1, 0.15) is 5.82 Å². The number of hydrogen-bond acceptors (Lipinski definition) is 3. The molecule has 0 aliphatic rings. The van der Waals surface area contributed by atoms with Gasteiger partial charge in [-0.25, -0.2) is 4.79 Å². The highest BCUT2D eigenvalue weighted by atomic mass is 16.2. The largest absolute Gasteiger partial charge is 0.332 e. The van der Waals surface area contributed by atoms with Crippen LogP contribution in [0.15, 0.2) is 30.6 Å². The van der Waals surface area contributed by atoms with E-state index in [4.69, 9.17) is 0 Å². The molecule has 0 saturated heterocycles. The molecule has 18 heavy (non-hydrogen) atoms. The Morgan fingerprint density at radius 3 is 2.89 bits per heavy atom. The fourth-order valence-corrected chi connectivity index (χ4v) is 1.52. The molecule has 2 heterocycles. The maximum absolute atomic E-state index is 11.7. The van der Waals surface area contributed by atoms with E-state index in [1.54, 1.807) is 30.2 Å². The molecule has 2 rings (SSSR count). The molecule has 0 atom stereocenters. The van der Waals surface area contributed by atoms with Gasteiger partial charge in [-0.05, 0) is 18.6 Å². The van der Waals surface area contributed by atoms with Gasteiger partial charge in [0.2, 0.25) is 0 Å². The van der Waals surface area contributed by atoms with Crippen LogP contribution in [0.3, 0.4) is 0 Å². The standard InChI is InChI=1S/C12H15N5O/c1-9-4-3-6-13-10(9)8-14-12(18)16-11-5-7-15-17(11)2/h3-7H,8H2,1-2H3,(H2,14,16,18). The van der Waals surface area contributed by atoms with E-state index in [0.717, 1.165) is 11.3 Å². The van der Waals surface area contributed by atoms with E-state index in [-0.39, 0.29) is 6.03 Å². The normalized spacial score (nSPS) is 10.1. The highest BCUT2D eigenvalue weighted by Gasteiger charge is 2.05. The molecule has 0 spiro atoms. The summed E-state index contributed by atoms with van der Waals surface area (Å²) < 4.78 is 1.59. The number of rotatable bonds is 3. The molecule has 2 aromatic rings. The number of nitrogens with one attached hydrogen (secondary N) is 2. The molecule has 2 amide bonds. The zero-order valence-corrected chi connectivity index (χ0v) is 10.3. The number of aryl methyl sites for hydroxylation is 2. The molecule has 0 fully saturated rings. The number of aromatic nitrogens is 3. The van der Waals surface area contributed by atoms with Crippen LogP contribution in [-0.2, 0) is 13.6 Å². The van der Waals surface area contributed by atoms with Gasteiger partial charge in [0.05, 0.1) is 18.4 Å². The third kappa shape index (κ3) is 2.85. The maximum atomic E-state index is 11.7. The van der Waals surface area contributed by atoms with Crippen molar-refractivity contribution in [1.82, 2.24) is 20.1 Å². The van der Waals surface area contributed by atoms with E-state index in [1.807, 2.05) is 19.1 Å². The molecule has 0 bridgehead atoms.